The van der Waals surface area contributed by atoms with Crippen LogP contribution >= 0.6 is 0 Å². The third-order valence-electron chi connectivity index (χ3n) is 3.46. The first-order valence-corrected chi connectivity index (χ1v) is 6.93. The van der Waals surface area contributed by atoms with Crippen molar-refractivity contribution in [1.29, 1.82) is 0 Å². The largest absolute Gasteiger partial charge is 0.506 e. The summed E-state index contributed by atoms with van der Waals surface area (Å²) in [6.07, 6.45) is 9.32. The molecule has 0 saturated heterocycles. The molecule has 0 spiro atoms. The first-order chi connectivity index (χ1) is 9.68. The quantitative estimate of drug-likeness (QED) is 0.798. The molecule has 0 radical (unpaired) electrons. The number of unbranched alkanes of at least 4 members (excludes halogenated alkanes) is 1. The van der Waals surface area contributed by atoms with Gasteiger partial charge in [-0.1, -0.05) is 56.2 Å². The van der Waals surface area contributed by atoms with Crippen molar-refractivity contribution in [3.05, 3.63) is 48.6 Å². The highest BCUT2D eigenvalue weighted by molar-refractivity contribution is 5.49. The Bertz CT molecular complexity index is 537. The van der Waals surface area contributed by atoms with Gasteiger partial charge >= 0.3 is 0 Å². The van der Waals surface area contributed by atoms with Crippen molar-refractivity contribution < 1.29 is 10.2 Å². The van der Waals surface area contributed by atoms with Gasteiger partial charge in [0.1, 0.15) is 23.1 Å². The number of aromatic hydroxyl groups is 1. The molecule has 0 heterocycles. The van der Waals surface area contributed by atoms with Crippen molar-refractivity contribution in [1.82, 2.24) is 0 Å². The Morgan fingerprint density at radius 3 is 2.75 bits per heavy atom. The van der Waals surface area contributed by atoms with Gasteiger partial charge in [-0.2, -0.15) is 10.2 Å². The molecular formula is C16H20N2O2. The Balaban J connectivity index is 2.27. The van der Waals surface area contributed by atoms with Crippen LogP contribution < -0.4 is 0 Å². The first-order valence-electron chi connectivity index (χ1n) is 6.93. The molecule has 0 bridgehead atoms. The third-order valence-corrected chi connectivity index (χ3v) is 3.46. The second-order valence-corrected chi connectivity index (χ2v) is 4.97. The van der Waals surface area contributed by atoms with Crippen LogP contribution in [0.4, 0.5) is 5.69 Å². The Morgan fingerprint density at radius 1 is 1.25 bits per heavy atom. The Morgan fingerprint density at radius 2 is 2.05 bits per heavy atom. The second-order valence-electron chi connectivity index (χ2n) is 4.97. The number of para-hydroxylation sites is 1. The van der Waals surface area contributed by atoms with Crippen LogP contribution in [0.2, 0.25) is 0 Å². The lowest BCUT2D eigenvalue weighted by Gasteiger charge is -2.30. The smallest absolute Gasteiger partial charge is 0.143 e. The van der Waals surface area contributed by atoms with Crippen LogP contribution in [0.5, 0.6) is 5.75 Å². The summed E-state index contributed by atoms with van der Waals surface area (Å²) in [7, 11) is 0. The minimum atomic E-state index is -0.729. The van der Waals surface area contributed by atoms with E-state index in [9.17, 15) is 10.2 Å². The van der Waals surface area contributed by atoms with Gasteiger partial charge in [0.2, 0.25) is 0 Å². The van der Waals surface area contributed by atoms with Crippen LogP contribution in [0.3, 0.4) is 0 Å². The van der Waals surface area contributed by atoms with Gasteiger partial charge in [0.15, 0.2) is 0 Å². The number of hydrogen-bond donors (Lipinski definition) is 2. The summed E-state index contributed by atoms with van der Waals surface area (Å²) in [6.45, 7) is 2.10. The fourth-order valence-electron chi connectivity index (χ4n) is 2.19. The number of phenolic OH excluding ortho intramolecular Hbond substituents is 1. The van der Waals surface area contributed by atoms with Gasteiger partial charge in [-0.25, -0.2) is 0 Å². The first kappa shape index (κ1) is 14.5. The molecule has 0 saturated carbocycles. The molecule has 4 heteroatoms. The van der Waals surface area contributed by atoms with Gasteiger partial charge in [0, 0.05) is 0 Å². The third kappa shape index (κ3) is 3.14. The Hall–Kier alpha value is -1.94. The van der Waals surface area contributed by atoms with Crippen molar-refractivity contribution >= 4 is 5.69 Å². The number of hydrogen-bond acceptors (Lipinski definition) is 4. The Labute approximate surface area is 119 Å². The summed E-state index contributed by atoms with van der Waals surface area (Å²) in [5.41, 5.74) is -0.314. The van der Waals surface area contributed by atoms with Crippen LogP contribution in [-0.4, -0.2) is 21.9 Å². The fraction of sp³-hybridized carbons (Fsp3) is 0.375. The lowest BCUT2D eigenvalue weighted by molar-refractivity contribution is 0.141. The summed E-state index contributed by atoms with van der Waals surface area (Å²) < 4.78 is 0. The molecule has 2 atom stereocenters. The predicted octanol–water partition coefficient (Wildman–Crippen LogP) is 3.89. The standard InChI is InChI=1S/C16H20N2O2/c1-2-3-11-16(12-7-6-10-15(16)20)18-17-13-8-4-5-9-14(13)19/h4-10,12,15,19-20H,2-3,11H2,1H3. The highest BCUT2D eigenvalue weighted by atomic mass is 16.3. The zero-order valence-electron chi connectivity index (χ0n) is 11.6. The number of phenols is 1. The number of aliphatic hydroxyl groups excluding tert-OH is 1. The van der Waals surface area contributed by atoms with Crippen molar-refractivity contribution in [3.8, 4) is 5.75 Å². The lowest BCUT2D eigenvalue weighted by atomic mass is 9.84. The van der Waals surface area contributed by atoms with Gasteiger partial charge in [0.25, 0.3) is 0 Å². The second kappa shape index (κ2) is 6.48. The van der Waals surface area contributed by atoms with E-state index in [1.54, 1.807) is 30.3 Å². The van der Waals surface area contributed by atoms with Gasteiger partial charge in [-0.05, 0) is 18.6 Å². The van der Waals surface area contributed by atoms with Crippen molar-refractivity contribution in [2.75, 3.05) is 0 Å². The van der Waals surface area contributed by atoms with Crippen molar-refractivity contribution in [2.45, 2.75) is 37.8 Å². The molecule has 2 N–H and O–H groups in total. The van der Waals surface area contributed by atoms with Crippen molar-refractivity contribution in [3.63, 3.8) is 0 Å². The molecule has 1 aliphatic carbocycles. The maximum Gasteiger partial charge on any atom is 0.143 e. The van der Waals surface area contributed by atoms with Crippen LogP contribution in [0.25, 0.3) is 0 Å². The average molecular weight is 272 g/mol. The minimum Gasteiger partial charge on any atom is -0.506 e. The highest BCUT2D eigenvalue weighted by Gasteiger charge is 2.35. The van der Waals surface area contributed by atoms with E-state index < -0.39 is 11.6 Å². The molecule has 20 heavy (non-hydrogen) atoms. The molecule has 0 aromatic heterocycles. The summed E-state index contributed by atoms with van der Waals surface area (Å²) in [4.78, 5) is 0. The van der Waals surface area contributed by atoms with Gasteiger partial charge in [-0.3, -0.25) is 0 Å². The van der Waals surface area contributed by atoms with E-state index in [-0.39, 0.29) is 5.75 Å². The maximum absolute atomic E-state index is 10.2. The number of allylic oxidation sites excluding steroid dienone is 2. The number of nitrogens with zero attached hydrogens (tertiary/aromatic N) is 2. The van der Waals surface area contributed by atoms with Crippen molar-refractivity contribution in [2.24, 2.45) is 10.2 Å². The van der Waals surface area contributed by atoms with Crippen LogP contribution in [0, 0.1) is 0 Å². The van der Waals surface area contributed by atoms with Gasteiger partial charge in [-0.15, -0.1) is 0 Å². The molecule has 4 nitrogen and oxygen atoms in total. The van der Waals surface area contributed by atoms with E-state index >= 15 is 0 Å². The highest BCUT2D eigenvalue weighted by Crippen LogP contribution is 2.33. The summed E-state index contributed by atoms with van der Waals surface area (Å²) in [6, 6.07) is 6.79. The number of rotatable bonds is 5. The molecule has 0 fully saturated rings. The minimum absolute atomic E-state index is 0.0895. The number of aliphatic hydroxyl groups is 1. The van der Waals surface area contributed by atoms with Crippen LogP contribution in [-0.2, 0) is 0 Å². The average Bonchev–Trinajstić information content (AvgIpc) is 2.47. The van der Waals surface area contributed by atoms with E-state index in [4.69, 9.17) is 0 Å². The van der Waals surface area contributed by atoms with Crippen LogP contribution in [0.1, 0.15) is 26.2 Å². The van der Waals surface area contributed by atoms with E-state index in [1.807, 2.05) is 18.2 Å². The normalized spacial score (nSPS) is 25.4. The molecular weight excluding hydrogens is 252 g/mol. The molecule has 2 unspecified atom stereocenters. The van der Waals surface area contributed by atoms with E-state index in [1.165, 1.54) is 0 Å². The molecule has 1 aliphatic rings. The maximum atomic E-state index is 10.2. The summed E-state index contributed by atoms with van der Waals surface area (Å²) in [5.74, 6) is 0.0895. The molecule has 1 aromatic rings. The van der Waals surface area contributed by atoms with E-state index in [0.29, 0.717) is 5.69 Å². The van der Waals surface area contributed by atoms with Gasteiger partial charge in [0.05, 0.1) is 0 Å². The lowest BCUT2D eigenvalue weighted by Crippen LogP contribution is -2.38. The molecule has 1 aromatic carbocycles. The number of benzene rings is 1. The zero-order chi connectivity index (χ0) is 14.4. The zero-order valence-corrected chi connectivity index (χ0v) is 11.6. The fourth-order valence-corrected chi connectivity index (χ4v) is 2.19. The topological polar surface area (TPSA) is 65.2 Å². The monoisotopic (exact) mass is 272 g/mol. The number of azo groups is 1. The summed E-state index contributed by atoms with van der Waals surface area (Å²) >= 11 is 0. The molecule has 0 aliphatic heterocycles. The SMILES string of the molecule is CCCCC1(N=Nc2ccccc2O)C=CC=CC1O. The van der Waals surface area contributed by atoms with Crippen LogP contribution in [0.15, 0.2) is 58.8 Å². The molecule has 106 valence electrons. The van der Waals surface area contributed by atoms with E-state index in [2.05, 4.69) is 17.2 Å². The summed E-state index contributed by atoms with van der Waals surface area (Å²) in [5, 5.41) is 28.4. The molecule has 2 rings (SSSR count). The Kier molecular flexibility index (Phi) is 4.69. The van der Waals surface area contributed by atoms with Gasteiger partial charge < -0.3 is 10.2 Å². The molecule has 0 amide bonds. The predicted molar refractivity (Wildman–Crippen MR) is 79.2 cm³/mol. The van der Waals surface area contributed by atoms with E-state index in [0.717, 1.165) is 19.3 Å².